The van der Waals surface area contributed by atoms with Gasteiger partial charge in [0.15, 0.2) is 6.29 Å². The highest BCUT2D eigenvalue weighted by molar-refractivity contribution is 6.35. The summed E-state index contributed by atoms with van der Waals surface area (Å²) in [4.78, 5) is 10.7. The fourth-order valence-corrected chi connectivity index (χ4v) is 1.94. The molecule has 2 aromatic carbocycles. The molecule has 2 rings (SSSR count). The lowest BCUT2D eigenvalue weighted by Crippen LogP contribution is -1.92. The summed E-state index contributed by atoms with van der Waals surface area (Å²) >= 11 is 11.8. The van der Waals surface area contributed by atoms with E-state index >= 15 is 0 Å². The Balaban J connectivity index is 2.68. The van der Waals surface area contributed by atoms with Gasteiger partial charge in [0, 0.05) is 21.2 Å². The molecule has 0 fully saturated rings. The molecule has 0 bridgehead atoms. The van der Waals surface area contributed by atoms with E-state index in [1.165, 1.54) is 6.07 Å². The molecular weight excluding hydrogens is 262 g/mol. The highest BCUT2D eigenvalue weighted by Crippen LogP contribution is 2.32. The first-order valence-electron chi connectivity index (χ1n) is 4.82. The molecule has 4 heteroatoms. The van der Waals surface area contributed by atoms with Crippen LogP contribution in [-0.4, -0.2) is 6.29 Å². The maximum Gasteiger partial charge on any atom is 0.153 e. The van der Waals surface area contributed by atoms with Crippen LogP contribution in [0.2, 0.25) is 10.0 Å². The van der Waals surface area contributed by atoms with E-state index in [-0.39, 0.29) is 11.1 Å². The lowest BCUT2D eigenvalue weighted by atomic mass is 10.0. The maximum atomic E-state index is 13.9. The fraction of sp³-hybridized carbons (Fsp3) is 0. The molecule has 0 unspecified atom stereocenters. The van der Waals surface area contributed by atoms with Gasteiger partial charge in [-0.1, -0.05) is 35.3 Å². The van der Waals surface area contributed by atoms with Gasteiger partial charge in [-0.25, -0.2) is 4.39 Å². The molecular formula is C13H7Cl2FO. The third-order valence-corrected chi connectivity index (χ3v) is 2.94. The highest BCUT2D eigenvalue weighted by Gasteiger charge is 2.12. The largest absolute Gasteiger partial charge is 0.298 e. The van der Waals surface area contributed by atoms with E-state index in [4.69, 9.17) is 23.2 Å². The minimum Gasteiger partial charge on any atom is -0.298 e. The topological polar surface area (TPSA) is 17.1 Å². The zero-order chi connectivity index (χ0) is 12.4. The third kappa shape index (κ3) is 2.33. The molecule has 0 radical (unpaired) electrons. The van der Waals surface area contributed by atoms with Crippen molar-refractivity contribution in [2.24, 2.45) is 0 Å². The molecule has 1 nitrogen and oxygen atoms in total. The number of benzene rings is 2. The second kappa shape index (κ2) is 4.86. The van der Waals surface area contributed by atoms with Crippen molar-refractivity contribution in [3.63, 3.8) is 0 Å². The molecule has 0 N–H and O–H groups in total. The van der Waals surface area contributed by atoms with Crippen molar-refractivity contribution < 1.29 is 9.18 Å². The Hall–Kier alpha value is -1.38. The minimum absolute atomic E-state index is 0.00135. The number of carbonyl (C=O) groups excluding carboxylic acids is 1. The average molecular weight is 269 g/mol. The van der Waals surface area contributed by atoms with Crippen LogP contribution in [0, 0.1) is 5.82 Å². The van der Waals surface area contributed by atoms with E-state index in [1.54, 1.807) is 30.3 Å². The Kier molecular flexibility index (Phi) is 3.46. The van der Waals surface area contributed by atoms with Gasteiger partial charge in [0.2, 0.25) is 0 Å². The Morgan fingerprint density at radius 2 is 1.82 bits per heavy atom. The van der Waals surface area contributed by atoms with E-state index < -0.39 is 5.82 Å². The number of rotatable bonds is 2. The lowest BCUT2D eigenvalue weighted by Gasteiger charge is -2.07. The molecule has 0 amide bonds. The molecule has 0 saturated carbocycles. The van der Waals surface area contributed by atoms with Crippen LogP contribution in [0.4, 0.5) is 4.39 Å². The molecule has 0 spiro atoms. The van der Waals surface area contributed by atoms with E-state index in [9.17, 15) is 9.18 Å². The Morgan fingerprint density at radius 3 is 2.53 bits per heavy atom. The smallest absolute Gasteiger partial charge is 0.153 e. The first kappa shape index (κ1) is 12.1. The van der Waals surface area contributed by atoms with Crippen molar-refractivity contribution in [2.75, 3.05) is 0 Å². The summed E-state index contributed by atoms with van der Waals surface area (Å²) < 4.78 is 13.9. The summed E-state index contributed by atoms with van der Waals surface area (Å²) in [7, 11) is 0. The summed E-state index contributed by atoms with van der Waals surface area (Å²) in [6.45, 7) is 0. The number of halogens is 3. The molecule has 86 valence electrons. The summed E-state index contributed by atoms with van der Waals surface area (Å²) in [6.07, 6.45) is 0.470. The van der Waals surface area contributed by atoms with Gasteiger partial charge in [-0.05, 0) is 24.3 Å². The van der Waals surface area contributed by atoms with Gasteiger partial charge in [-0.15, -0.1) is 0 Å². The summed E-state index contributed by atoms with van der Waals surface area (Å²) in [6, 6.07) is 9.33. The van der Waals surface area contributed by atoms with E-state index in [0.717, 1.165) is 0 Å². The van der Waals surface area contributed by atoms with E-state index in [0.29, 0.717) is 21.9 Å². The zero-order valence-electron chi connectivity index (χ0n) is 8.58. The van der Waals surface area contributed by atoms with Crippen molar-refractivity contribution in [3.8, 4) is 11.1 Å². The van der Waals surface area contributed by atoms with Crippen LogP contribution < -0.4 is 0 Å². The first-order chi connectivity index (χ1) is 8.13. The monoisotopic (exact) mass is 268 g/mol. The number of aldehydes is 1. The lowest BCUT2D eigenvalue weighted by molar-refractivity contribution is 0.112. The predicted molar refractivity (Wildman–Crippen MR) is 67.2 cm³/mol. The second-order valence-corrected chi connectivity index (χ2v) is 4.29. The number of carbonyl (C=O) groups is 1. The molecule has 0 aliphatic heterocycles. The van der Waals surface area contributed by atoms with Crippen LogP contribution in [0.5, 0.6) is 0 Å². The second-order valence-electron chi connectivity index (χ2n) is 3.45. The van der Waals surface area contributed by atoms with Crippen LogP contribution in [0.1, 0.15) is 10.4 Å². The van der Waals surface area contributed by atoms with Gasteiger partial charge in [0.25, 0.3) is 0 Å². The minimum atomic E-state index is -0.591. The molecule has 17 heavy (non-hydrogen) atoms. The number of hydrogen-bond donors (Lipinski definition) is 0. The van der Waals surface area contributed by atoms with Crippen LogP contribution in [-0.2, 0) is 0 Å². The van der Waals surface area contributed by atoms with Gasteiger partial charge in [0.05, 0.1) is 5.56 Å². The summed E-state index contributed by atoms with van der Waals surface area (Å²) in [5, 5.41) is 0.844. The highest BCUT2D eigenvalue weighted by atomic mass is 35.5. The van der Waals surface area contributed by atoms with E-state index in [1.807, 2.05) is 0 Å². The zero-order valence-corrected chi connectivity index (χ0v) is 10.1. The van der Waals surface area contributed by atoms with Crippen molar-refractivity contribution in [1.82, 2.24) is 0 Å². The van der Waals surface area contributed by atoms with Gasteiger partial charge in [-0.2, -0.15) is 0 Å². The normalized spacial score (nSPS) is 10.3. The van der Waals surface area contributed by atoms with Gasteiger partial charge in [-0.3, -0.25) is 4.79 Å². The van der Waals surface area contributed by atoms with E-state index in [2.05, 4.69) is 0 Å². The first-order valence-corrected chi connectivity index (χ1v) is 5.58. The SMILES string of the molecule is O=Cc1cccc(-c2cc(Cl)ccc2Cl)c1F. The Labute approximate surface area is 108 Å². The molecule has 2 aromatic rings. The molecule has 0 aliphatic rings. The van der Waals surface area contributed by atoms with Crippen LogP contribution in [0.15, 0.2) is 36.4 Å². The number of hydrogen-bond acceptors (Lipinski definition) is 1. The van der Waals surface area contributed by atoms with Gasteiger partial charge >= 0.3 is 0 Å². The van der Waals surface area contributed by atoms with Crippen LogP contribution in [0.25, 0.3) is 11.1 Å². The quantitative estimate of drug-likeness (QED) is 0.727. The molecule has 0 aromatic heterocycles. The van der Waals surface area contributed by atoms with Crippen LogP contribution in [0.3, 0.4) is 0 Å². The maximum absolute atomic E-state index is 13.9. The Bertz CT molecular complexity index is 582. The summed E-state index contributed by atoms with van der Waals surface area (Å²) in [5.41, 5.74) is 0.737. The van der Waals surface area contributed by atoms with Gasteiger partial charge < -0.3 is 0 Å². The molecule has 0 saturated heterocycles. The van der Waals surface area contributed by atoms with Crippen molar-refractivity contribution in [3.05, 3.63) is 57.8 Å². The molecule has 0 aliphatic carbocycles. The Morgan fingerprint density at radius 1 is 1.06 bits per heavy atom. The summed E-state index contributed by atoms with van der Waals surface area (Å²) in [5.74, 6) is -0.591. The predicted octanol–water partition coefficient (Wildman–Crippen LogP) is 4.61. The third-order valence-electron chi connectivity index (χ3n) is 2.37. The molecule has 0 atom stereocenters. The van der Waals surface area contributed by atoms with Crippen molar-refractivity contribution >= 4 is 29.5 Å². The fourth-order valence-electron chi connectivity index (χ4n) is 1.55. The van der Waals surface area contributed by atoms with Gasteiger partial charge in [0.1, 0.15) is 5.82 Å². The van der Waals surface area contributed by atoms with Crippen molar-refractivity contribution in [1.29, 1.82) is 0 Å². The molecule has 0 heterocycles. The van der Waals surface area contributed by atoms with Crippen LogP contribution >= 0.6 is 23.2 Å². The standard InChI is InChI=1S/C13H7Cl2FO/c14-9-4-5-12(15)11(6-9)10-3-1-2-8(7-17)13(10)16/h1-7H. The van der Waals surface area contributed by atoms with Crippen molar-refractivity contribution in [2.45, 2.75) is 0 Å². The average Bonchev–Trinajstić information content (AvgIpc) is 2.33.